The normalized spacial score (nSPS) is 14.1. The molecule has 1 N–H and O–H groups in total. The molecule has 1 heterocycles. The van der Waals surface area contributed by atoms with Gasteiger partial charge >= 0.3 is 0 Å². The van der Waals surface area contributed by atoms with Crippen LogP contribution in [0.5, 0.6) is 0 Å². The summed E-state index contributed by atoms with van der Waals surface area (Å²) in [5.41, 5.74) is 5.00. The molecule has 0 aliphatic carbocycles. The number of rotatable bonds is 4. The SMILES string of the molecule is CCNCc1cc(F)ccc1N1CCc2ccccc2C1. The summed E-state index contributed by atoms with van der Waals surface area (Å²) in [4.78, 5) is 2.36. The molecule has 1 aliphatic heterocycles. The summed E-state index contributed by atoms with van der Waals surface area (Å²) < 4.78 is 13.5. The van der Waals surface area contributed by atoms with Gasteiger partial charge in [0.25, 0.3) is 0 Å². The van der Waals surface area contributed by atoms with Gasteiger partial charge in [-0.25, -0.2) is 4.39 Å². The van der Waals surface area contributed by atoms with Gasteiger partial charge in [-0.15, -0.1) is 0 Å². The number of benzene rings is 2. The summed E-state index contributed by atoms with van der Waals surface area (Å²) in [6.45, 7) is 5.55. The molecule has 0 saturated carbocycles. The Hall–Kier alpha value is -1.87. The highest BCUT2D eigenvalue weighted by atomic mass is 19.1. The average Bonchev–Trinajstić information content (AvgIpc) is 2.52. The first-order valence-electron chi connectivity index (χ1n) is 7.59. The van der Waals surface area contributed by atoms with Gasteiger partial charge in [0.05, 0.1) is 0 Å². The number of hydrogen-bond acceptors (Lipinski definition) is 2. The molecule has 0 radical (unpaired) electrons. The van der Waals surface area contributed by atoms with Crippen LogP contribution in [0.15, 0.2) is 42.5 Å². The first-order valence-corrected chi connectivity index (χ1v) is 7.59. The van der Waals surface area contributed by atoms with Crippen molar-refractivity contribution >= 4 is 5.69 Å². The Balaban J connectivity index is 1.87. The zero-order valence-electron chi connectivity index (χ0n) is 12.4. The number of nitrogens with zero attached hydrogens (tertiary/aromatic N) is 1. The third-order valence-electron chi connectivity index (χ3n) is 4.08. The van der Waals surface area contributed by atoms with Crippen molar-refractivity contribution in [2.75, 3.05) is 18.0 Å². The molecule has 3 heteroatoms. The standard InChI is InChI=1S/C18H21FN2/c1-2-20-12-16-11-17(19)7-8-18(16)21-10-9-14-5-3-4-6-15(14)13-21/h3-8,11,20H,2,9-10,12-13H2,1H3. The van der Waals surface area contributed by atoms with Gasteiger partial charge in [0, 0.05) is 25.3 Å². The Morgan fingerprint density at radius 3 is 2.76 bits per heavy atom. The van der Waals surface area contributed by atoms with Gasteiger partial charge in [0.1, 0.15) is 5.82 Å². The third kappa shape index (κ3) is 3.08. The second kappa shape index (κ2) is 6.27. The van der Waals surface area contributed by atoms with Crippen molar-refractivity contribution in [2.45, 2.75) is 26.4 Å². The summed E-state index contributed by atoms with van der Waals surface area (Å²) in [6, 6.07) is 13.7. The van der Waals surface area contributed by atoms with Crippen molar-refractivity contribution in [3.05, 3.63) is 65.0 Å². The lowest BCUT2D eigenvalue weighted by atomic mass is 9.98. The van der Waals surface area contributed by atoms with Crippen LogP contribution in [-0.4, -0.2) is 13.1 Å². The van der Waals surface area contributed by atoms with Crippen LogP contribution in [0, 0.1) is 5.82 Å². The Morgan fingerprint density at radius 2 is 1.95 bits per heavy atom. The predicted molar refractivity (Wildman–Crippen MR) is 85.0 cm³/mol. The van der Waals surface area contributed by atoms with Crippen molar-refractivity contribution in [3.8, 4) is 0 Å². The molecule has 0 spiro atoms. The van der Waals surface area contributed by atoms with E-state index in [1.807, 2.05) is 6.07 Å². The minimum Gasteiger partial charge on any atom is -0.367 e. The van der Waals surface area contributed by atoms with Crippen LogP contribution in [0.1, 0.15) is 23.6 Å². The lowest BCUT2D eigenvalue weighted by Crippen LogP contribution is -2.31. The quantitative estimate of drug-likeness (QED) is 0.924. The number of halogens is 1. The lowest BCUT2D eigenvalue weighted by molar-refractivity contribution is 0.619. The molecule has 0 unspecified atom stereocenters. The zero-order valence-corrected chi connectivity index (χ0v) is 12.4. The number of hydrogen-bond donors (Lipinski definition) is 1. The minimum atomic E-state index is -0.163. The summed E-state index contributed by atoms with van der Waals surface area (Å²) in [6.07, 6.45) is 1.05. The van der Waals surface area contributed by atoms with Crippen molar-refractivity contribution in [2.24, 2.45) is 0 Å². The Bertz CT molecular complexity index is 624. The van der Waals surface area contributed by atoms with Crippen molar-refractivity contribution < 1.29 is 4.39 Å². The molecule has 0 fully saturated rings. The average molecular weight is 284 g/mol. The Kier molecular flexibility index (Phi) is 4.20. The van der Waals surface area contributed by atoms with E-state index in [0.29, 0.717) is 6.54 Å². The number of fused-ring (bicyclic) bond motifs is 1. The van der Waals surface area contributed by atoms with Gasteiger partial charge in [-0.1, -0.05) is 31.2 Å². The molecule has 0 saturated heterocycles. The van der Waals surface area contributed by atoms with Crippen LogP contribution < -0.4 is 10.2 Å². The van der Waals surface area contributed by atoms with E-state index < -0.39 is 0 Å². The van der Waals surface area contributed by atoms with Crippen LogP contribution in [0.4, 0.5) is 10.1 Å². The maximum absolute atomic E-state index is 13.5. The summed E-state index contributed by atoms with van der Waals surface area (Å²) in [5.74, 6) is -0.163. The van der Waals surface area contributed by atoms with Crippen molar-refractivity contribution in [1.82, 2.24) is 5.32 Å². The molecule has 2 nitrogen and oxygen atoms in total. The van der Waals surface area contributed by atoms with Gasteiger partial charge in [0.15, 0.2) is 0 Å². The topological polar surface area (TPSA) is 15.3 Å². The van der Waals surface area contributed by atoms with Crippen LogP contribution in [-0.2, 0) is 19.5 Å². The van der Waals surface area contributed by atoms with E-state index in [0.717, 1.165) is 37.3 Å². The number of nitrogens with one attached hydrogen (secondary N) is 1. The van der Waals surface area contributed by atoms with Gasteiger partial charge < -0.3 is 10.2 Å². The Labute approximate surface area is 125 Å². The van der Waals surface area contributed by atoms with Gasteiger partial charge in [0.2, 0.25) is 0 Å². The highest BCUT2D eigenvalue weighted by Crippen LogP contribution is 2.28. The van der Waals surface area contributed by atoms with Gasteiger partial charge in [-0.3, -0.25) is 0 Å². The molecular weight excluding hydrogens is 263 g/mol. The van der Waals surface area contributed by atoms with Gasteiger partial charge in [-0.05, 0) is 47.9 Å². The van der Waals surface area contributed by atoms with Crippen molar-refractivity contribution in [3.63, 3.8) is 0 Å². The maximum Gasteiger partial charge on any atom is 0.123 e. The molecule has 0 aromatic heterocycles. The van der Waals surface area contributed by atoms with Gasteiger partial charge in [-0.2, -0.15) is 0 Å². The van der Waals surface area contributed by atoms with Crippen LogP contribution >= 0.6 is 0 Å². The molecule has 1 aliphatic rings. The molecular formula is C18H21FN2. The smallest absolute Gasteiger partial charge is 0.123 e. The molecule has 0 atom stereocenters. The minimum absolute atomic E-state index is 0.163. The molecule has 0 amide bonds. The second-order valence-electron chi connectivity index (χ2n) is 5.49. The Morgan fingerprint density at radius 1 is 1.14 bits per heavy atom. The van der Waals surface area contributed by atoms with E-state index in [-0.39, 0.29) is 5.82 Å². The second-order valence-corrected chi connectivity index (χ2v) is 5.49. The molecule has 110 valence electrons. The van der Waals surface area contributed by atoms with E-state index >= 15 is 0 Å². The number of anilines is 1. The first kappa shape index (κ1) is 14.1. The maximum atomic E-state index is 13.5. The fraction of sp³-hybridized carbons (Fsp3) is 0.333. The fourth-order valence-corrected chi connectivity index (χ4v) is 2.97. The summed E-state index contributed by atoms with van der Waals surface area (Å²) in [5, 5.41) is 3.30. The molecule has 0 bridgehead atoms. The highest BCUT2D eigenvalue weighted by Gasteiger charge is 2.18. The lowest BCUT2D eigenvalue weighted by Gasteiger charge is -2.32. The highest BCUT2D eigenvalue weighted by molar-refractivity contribution is 5.55. The summed E-state index contributed by atoms with van der Waals surface area (Å²) >= 11 is 0. The van der Waals surface area contributed by atoms with Crippen LogP contribution in [0.25, 0.3) is 0 Å². The van der Waals surface area contributed by atoms with E-state index in [1.54, 1.807) is 12.1 Å². The molecule has 2 aromatic carbocycles. The molecule has 21 heavy (non-hydrogen) atoms. The van der Waals surface area contributed by atoms with Crippen molar-refractivity contribution in [1.29, 1.82) is 0 Å². The zero-order chi connectivity index (χ0) is 14.7. The fourth-order valence-electron chi connectivity index (χ4n) is 2.97. The van der Waals surface area contributed by atoms with E-state index in [2.05, 4.69) is 41.4 Å². The predicted octanol–water partition coefficient (Wildman–Crippen LogP) is 3.50. The largest absolute Gasteiger partial charge is 0.367 e. The van der Waals surface area contributed by atoms with E-state index in [4.69, 9.17) is 0 Å². The monoisotopic (exact) mass is 284 g/mol. The summed E-state index contributed by atoms with van der Waals surface area (Å²) in [7, 11) is 0. The van der Waals surface area contributed by atoms with Crippen LogP contribution in [0.2, 0.25) is 0 Å². The third-order valence-corrected chi connectivity index (χ3v) is 4.08. The molecule has 2 aromatic rings. The molecule has 3 rings (SSSR count). The van der Waals surface area contributed by atoms with E-state index in [9.17, 15) is 4.39 Å². The van der Waals surface area contributed by atoms with Crippen LogP contribution in [0.3, 0.4) is 0 Å². The van der Waals surface area contributed by atoms with E-state index in [1.165, 1.54) is 11.1 Å². The first-order chi connectivity index (χ1) is 10.3.